The van der Waals surface area contributed by atoms with Crippen molar-refractivity contribution in [1.82, 2.24) is 24.8 Å². The standard InChI is InChI=1S/C18H26N6O4/c19-16-13-17(22-8-21-16)24(9-23-13)18-15(27)14(26)11(28-18)7-20-12(25)6-10-4-2-1-3-5-10/h8-11,14-15,18,26-27H,1-7H2,(H,20,25)(H2,19,21,22)/t11-,14-,15-,18?/m1/s1. The third kappa shape index (κ3) is 3.67. The molecule has 4 atom stereocenters. The maximum atomic E-state index is 12.2. The molecular weight excluding hydrogens is 364 g/mol. The molecule has 1 aliphatic heterocycles. The molecule has 0 bridgehead atoms. The Bertz CT molecular complexity index is 837. The molecule has 2 aromatic rings. The van der Waals surface area contributed by atoms with Gasteiger partial charge in [-0.05, 0) is 18.8 Å². The first kappa shape index (κ1) is 19.0. The first-order valence-electron chi connectivity index (χ1n) is 9.76. The molecule has 10 nitrogen and oxygen atoms in total. The molecule has 2 aromatic heterocycles. The lowest BCUT2D eigenvalue weighted by molar-refractivity contribution is -0.123. The van der Waals surface area contributed by atoms with E-state index in [4.69, 9.17) is 10.5 Å². The summed E-state index contributed by atoms with van der Waals surface area (Å²) in [5.74, 6) is 0.613. The van der Waals surface area contributed by atoms with E-state index in [2.05, 4.69) is 20.3 Å². The number of hydrogen-bond acceptors (Lipinski definition) is 8. The Morgan fingerprint density at radius 1 is 1.21 bits per heavy atom. The van der Waals surface area contributed by atoms with Crippen molar-refractivity contribution in [3.63, 3.8) is 0 Å². The molecule has 0 radical (unpaired) electrons. The number of aromatic nitrogens is 4. The van der Waals surface area contributed by atoms with Crippen LogP contribution in [0.15, 0.2) is 12.7 Å². The van der Waals surface area contributed by atoms with Gasteiger partial charge in [-0.1, -0.05) is 19.3 Å². The number of aliphatic hydroxyl groups excluding tert-OH is 2. The maximum absolute atomic E-state index is 12.2. The van der Waals surface area contributed by atoms with Gasteiger partial charge in [0, 0.05) is 13.0 Å². The highest BCUT2D eigenvalue weighted by Gasteiger charge is 2.44. The van der Waals surface area contributed by atoms with Crippen LogP contribution >= 0.6 is 0 Å². The molecule has 3 heterocycles. The van der Waals surface area contributed by atoms with Gasteiger partial charge in [-0.2, -0.15) is 0 Å². The van der Waals surface area contributed by atoms with Crippen molar-refractivity contribution in [3.05, 3.63) is 12.7 Å². The molecule has 0 spiro atoms. The van der Waals surface area contributed by atoms with Crippen LogP contribution < -0.4 is 11.1 Å². The number of nitrogens with two attached hydrogens (primary N) is 1. The largest absolute Gasteiger partial charge is 0.387 e. The van der Waals surface area contributed by atoms with Gasteiger partial charge in [0.25, 0.3) is 0 Å². The molecule has 5 N–H and O–H groups in total. The highest BCUT2D eigenvalue weighted by molar-refractivity contribution is 5.81. The van der Waals surface area contributed by atoms with Gasteiger partial charge in [0.1, 0.15) is 30.2 Å². The number of fused-ring (bicyclic) bond motifs is 1. The predicted molar refractivity (Wildman–Crippen MR) is 99.9 cm³/mol. The third-order valence-corrected chi connectivity index (χ3v) is 5.70. The Balaban J connectivity index is 1.38. The van der Waals surface area contributed by atoms with Crippen LogP contribution in [0.4, 0.5) is 5.82 Å². The van der Waals surface area contributed by atoms with Crippen molar-refractivity contribution in [2.75, 3.05) is 12.3 Å². The average molecular weight is 390 g/mol. The van der Waals surface area contributed by atoms with Crippen LogP contribution in [0.25, 0.3) is 11.2 Å². The fourth-order valence-electron chi connectivity index (χ4n) is 4.12. The zero-order valence-corrected chi connectivity index (χ0v) is 15.6. The molecule has 1 aliphatic carbocycles. The van der Waals surface area contributed by atoms with E-state index in [0.29, 0.717) is 23.5 Å². The third-order valence-electron chi connectivity index (χ3n) is 5.70. The number of ether oxygens (including phenoxy) is 1. The molecule has 2 fully saturated rings. The van der Waals surface area contributed by atoms with Crippen molar-refractivity contribution < 1.29 is 19.7 Å². The van der Waals surface area contributed by atoms with Gasteiger partial charge in [0.05, 0.1) is 6.33 Å². The molecule has 1 saturated carbocycles. The Morgan fingerprint density at radius 2 is 2.00 bits per heavy atom. The van der Waals surface area contributed by atoms with Crippen LogP contribution in [0.5, 0.6) is 0 Å². The summed E-state index contributed by atoms with van der Waals surface area (Å²) >= 11 is 0. The minimum atomic E-state index is -1.19. The lowest BCUT2D eigenvalue weighted by Crippen LogP contribution is -2.40. The number of carbonyl (C=O) groups excluding carboxylic acids is 1. The fraction of sp³-hybridized carbons (Fsp3) is 0.667. The lowest BCUT2D eigenvalue weighted by Gasteiger charge is -2.21. The molecule has 1 saturated heterocycles. The molecule has 4 rings (SSSR count). The number of aliphatic hydroxyl groups is 2. The predicted octanol–water partition coefficient (Wildman–Crippen LogP) is 0.114. The minimum Gasteiger partial charge on any atom is -0.387 e. The first-order valence-corrected chi connectivity index (χ1v) is 9.76. The van der Waals surface area contributed by atoms with E-state index in [1.54, 1.807) is 0 Å². The van der Waals surface area contributed by atoms with Crippen molar-refractivity contribution >= 4 is 22.9 Å². The smallest absolute Gasteiger partial charge is 0.220 e. The van der Waals surface area contributed by atoms with Crippen molar-refractivity contribution in [2.24, 2.45) is 5.92 Å². The van der Waals surface area contributed by atoms with Crippen LogP contribution in [-0.2, 0) is 9.53 Å². The van der Waals surface area contributed by atoms with Crippen molar-refractivity contribution in [3.8, 4) is 0 Å². The number of nitrogens with one attached hydrogen (secondary N) is 1. The average Bonchev–Trinajstić information content (AvgIpc) is 3.24. The number of anilines is 1. The molecular formula is C18H26N6O4. The van der Waals surface area contributed by atoms with Crippen LogP contribution in [0.2, 0.25) is 0 Å². The highest BCUT2D eigenvalue weighted by Crippen LogP contribution is 2.32. The summed E-state index contributed by atoms with van der Waals surface area (Å²) in [4.78, 5) is 24.4. The Kier molecular flexibility index (Phi) is 5.42. The van der Waals surface area contributed by atoms with Crippen molar-refractivity contribution in [2.45, 2.75) is 63.1 Å². The van der Waals surface area contributed by atoms with Gasteiger partial charge in [-0.25, -0.2) is 15.0 Å². The lowest BCUT2D eigenvalue weighted by atomic mass is 9.87. The summed E-state index contributed by atoms with van der Waals surface area (Å²) in [6, 6.07) is 0. The van der Waals surface area contributed by atoms with Gasteiger partial charge < -0.3 is 26.0 Å². The van der Waals surface area contributed by atoms with E-state index in [1.165, 1.54) is 36.5 Å². The molecule has 1 amide bonds. The number of carbonyl (C=O) groups is 1. The Hall–Kier alpha value is -2.30. The molecule has 10 heteroatoms. The van der Waals surface area contributed by atoms with Gasteiger partial charge >= 0.3 is 0 Å². The van der Waals surface area contributed by atoms with E-state index in [-0.39, 0.29) is 18.3 Å². The summed E-state index contributed by atoms with van der Waals surface area (Å²) < 4.78 is 7.34. The number of hydrogen-bond donors (Lipinski definition) is 4. The molecule has 1 unspecified atom stereocenters. The number of nitrogen functional groups attached to an aromatic ring is 1. The van der Waals surface area contributed by atoms with Crippen LogP contribution in [-0.4, -0.2) is 60.5 Å². The highest BCUT2D eigenvalue weighted by atomic mass is 16.6. The monoisotopic (exact) mass is 390 g/mol. The van der Waals surface area contributed by atoms with E-state index in [9.17, 15) is 15.0 Å². The Labute approximate surface area is 162 Å². The fourth-order valence-corrected chi connectivity index (χ4v) is 4.12. The second-order valence-corrected chi connectivity index (χ2v) is 7.64. The zero-order chi connectivity index (χ0) is 19.7. The molecule has 152 valence electrons. The van der Waals surface area contributed by atoms with E-state index in [1.807, 2.05) is 0 Å². The summed E-state index contributed by atoms with van der Waals surface area (Å²) in [6.07, 6.45) is 5.11. The van der Waals surface area contributed by atoms with E-state index in [0.717, 1.165) is 12.8 Å². The number of rotatable bonds is 5. The number of imidazole rings is 1. The quantitative estimate of drug-likeness (QED) is 0.562. The van der Waals surface area contributed by atoms with E-state index < -0.39 is 24.5 Å². The molecule has 28 heavy (non-hydrogen) atoms. The SMILES string of the molecule is Nc1ncnc2c1ncn2C1O[C@H](CNC(=O)CC2CCCCC2)[C@@H](O)[C@H]1O. The topological polar surface area (TPSA) is 148 Å². The zero-order valence-electron chi connectivity index (χ0n) is 15.6. The summed E-state index contributed by atoms with van der Waals surface area (Å²) in [6.45, 7) is 0.129. The van der Waals surface area contributed by atoms with E-state index >= 15 is 0 Å². The number of nitrogens with zero attached hydrogens (tertiary/aromatic N) is 4. The minimum absolute atomic E-state index is 0.0470. The van der Waals surface area contributed by atoms with Crippen LogP contribution in [0.3, 0.4) is 0 Å². The van der Waals surface area contributed by atoms with Gasteiger partial charge in [-0.15, -0.1) is 0 Å². The summed E-state index contributed by atoms with van der Waals surface area (Å²) in [5.41, 5.74) is 6.60. The van der Waals surface area contributed by atoms with Crippen molar-refractivity contribution in [1.29, 1.82) is 0 Å². The van der Waals surface area contributed by atoms with Gasteiger partial charge in [0.15, 0.2) is 17.7 Å². The second kappa shape index (κ2) is 7.98. The van der Waals surface area contributed by atoms with Crippen LogP contribution in [0.1, 0.15) is 44.8 Å². The Morgan fingerprint density at radius 3 is 2.79 bits per heavy atom. The van der Waals surface area contributed by atoms with Gasteiger partial charge in [-0.3, -0.25) is 9.36 Å². The summed E-state index contributed by atoms with van der Waals surface area (Å²) in [5, 5.41) is 23.6. The first-order chi connectivity index (χ1) is 13.5. The molecule has 2 aliphatic rings. The summed E-state index contributed by atoms with van der Waals surface area (Å²) in [7, 11) is 0. The molecule has 0 aromatic carbocycles. The normalized spacial score (nSPS) is 28.6. The number of amides is 1. The van der Waals surface area contributed by atoms with Crippen LogP contribution in [0, 0.1) is 5.92 Å². The van der Waals surface area contributed by atoms with Gasteiger partial charge in [0.2, 0.25) is 5.91 Å². The maximum Gasteiger partial charge on any atom is 0.220 e. The second-order valence-electron chi connectivity index (χ2n) is 7.64.